The molecule has 2 N–H and O–H groups in total. The molecule has 2 fully saturated rings. The van der Waals surface area contributed by atoms with E-state index in [2.05, 4.69) is 51.7 Å². The van der Waals surface area contributed by atoms with E-state index >= 15 is 0 Å². The summed E-state index contributed by atoms with van der Waals surface area (Å²) in [5, 5.41) is 5.99. The van der Waals surface area contributed by atoms with Crippen molar-refractivity contribution in [3.8, 4) is 0 Å². The van der Waals surface area contributed by atoms with Crippen LogP contribution in [0.15, 0.2) is 48.8 Å². The maximum atomic E-state index is 12.9. The minimum absolute atomic E-state index is 0.0966. The molecule has 29 heavy (non-hydrogen) atoms. The van der Waals surface area contributed by atoms with Crippen LogP contribution in [-0.2, 0) is 14.3 Å². The lowest BCUT2D eigenvalue weighted by atomic mass is 9.99. The Kier molecular flexibility index (Phi) is 5.76. The molecule has 1 aromatic carbocycles. The van der Waals surface area contributed by atoms with Gasteiger partial charge in [-0.2, -0.15) is 0 Å². The number of carbonyl (C=O) groups excluding carboxylic acids is 2. The van der Waals surface area contributed by atoms with Crippen molar-refractivity contribution in [2.24, 2.45) is 0 Å². The summed E-state index contributed by atoms with van der Waals surface area (Å²) in [5.41, 5.74) is 3.23. The van der Waals surface area contributed by atoms with Crippen LogP contribution in [0, 0.1) is 6.92 Å². The Labute approximate surface area is 170 Å². The topological polar surface area (TPSA) is 83.6 Å². The van der Waals surface area contributed by atoms with Crippen molar-refractivity contribution in [2.45, 2.75) is 38.0 Å². The number of piperidine rings is 1. The van der Waals surface area contributed by atoms with Crippen LogP contribution in [0.5, 0.6) is 0 Å². The lowest BCUT2D eigenvalue weighted by molar-refractivity contribution is -0.148. The lowest BCUT2D eigenvalue weighted by Crippen LogP contribution is -2.55. The normalized spacial score (nSPS) is 22.8. The van der Waals surface area contributed by atoms with Gasteiger partial charge in [-0.25, -0.2) is 0 Å². The largest absolute Gasteiger partial charge is 0.371 e. The van der Waals surface area contributed by atoms with Gasteiger partial charge in [0.25, 0.3) is 5.91 Å². The fraction of sp³-hybridized carbons (Fsp3) is 0.409. The van der Waals surface area contributed by atoms with Crippen molar-refractivity contribution in [2.75, 3.05) is 24.6 Å². The molecule has 2 aliphatic rings. The third-order valence-corrected chi connectivity index (χ3v) is 5.52. The van der Waals surface area contributed by atoms with Gasteiger partial charge < -0.3 is 20.3 Å². The minimum Gasteiger partial charge on any atom is -0.371 e. The molecule has 0 radical (unpaired) electrons. The van der Waals surface area contributed by atoms with Crippen LogP contribution in [0.25, 0.3) is 0 Å². The molecule has 0 saturated carbocycles. The summed E-state index contributed by atoms with van der Waals surface area (Å²) >= 11 is 0. The zero-order valence-electron chi connectivity index (χ0n) is 16.5. The average molecular weight is 394 g/mol. The standard InChI is InChI=1S/C22H26N4O3/c1-15-4-2-6-18(12-15)26-10-7-17(8-11-26)24-22(28)21-20(25-19(27)14-29-21)16-5-3-9-23-13-16/h2-6,9,12-13,17,20-21H,7-8,10-11,14H2,1H3,(H,24,28)(H,25,27). The van der Waals surface area contributed by atoms with Crippen molar-refractivity contribution in [1.29, 1.82) is 0 Å². The summed E-state index contributed by atoms with van der Waals surface area (Å²) in [7, 11) is 0. The number of rotatable bonds is 4. The first-order chi connectivity index (χ1) is 14.1. The Morgan fingerprint density at radius 3 is 2.79 bits per heavy atom. The van der Waals surface area contributed by atoms with Gasteiger partial charge in [-0.15, -0.1) is 0 Å². The van der Waals surface area contributed by atoms with E-state index in [4.69, 9.17) is 4.74 Å². The van der Waals surface area contributed by atoms with Crippen molar-refractivity contribution >= 4 is 17.5 Å². The summed E-state index contributed by atoms with van der Waals surface area (Å²) < 4.78 is 5.60. The highest BCUT2D eigenvalue weighted by Gasteiger charge is 2.37. The van der Waals surface area contributed by atoms with Crippen molar-refractivity contribution in [3.63, 3.8) is 0 Å². The van der Waals surface area contributed by atoms with E-state index in [1.165, 1.54) is 11.3 Å². The number of carbonyl (C=O) groups is 2. The van der Waals surface area contributed by atoms with Gasteiger partial charge in [0.1, 0.15) is 6.61 Å². The van der Waals surface area contributed by atoms with E-state index in [9.17, 15) is 9.59 Å². The van der Waals surface area contributed by atoms with Gasteiger partial charge in [0.2, 0.25) is 5.91 Å². The zero-order valence-corrected chi connectivity index (χ0v) is 16.5. The summed E-state index contributed by atoms with van der Waals surface area (Å²) in [4.78, 5) is 31.2. The number of anilines is 1. The molecule has 1 aromatic heterocycles. The Balaban J connectivity index is 1.37. The number of pyridine rings is 1. The van der Waals surface area contributed by atoms with E-state index in [-0.39, 0.29) is 24.5 Å². The van der Waals surface area contributed by atoms with Crippen LogP contribution in [0.2, 0.25) is 0 Å². The first-order valence-corrected chi connectivity index (χ1v) is 10.0. The second kappa shape index (κ2) is 8.61. The number of benzene rings is 1. The molecular weight excluding hydrogens is 368 g/mol. The molecule has 2 saturated heterocycles. The smallest absolute Gasteiger partial charge is 0.251 e. The van der Waals surface area contributed by atoms with E-state index in [1.807, 2.05) is 6.07 Å². The molecule has 2 amide bonds. The molecule has 2 aromatic rings. The molecule has 152 valence electrons. The third-order valence-electron chi connectivity index (χ3n) is 5.52. The van der Waals surface area contributed by atoms with Gasteiger partial charge in [-0.05, 0) is 49.1 Å². The quantitative estimate of drug-likeness (QED) is 0.825. The van der Waals surface area contributed by atoms with Gasteiger partial charge in [0.15, 0.2) is 6.10 Å². The minimum atomic E-state index is -0.758. The number of aryl methyl sites for hydroxylation is 1. The molecular formula is C22H26N4O3. The van der Waals surface area contributed by atoms with Crippen LogP contribution < -0.4 is 15.5 Å². The second-order valence-corrected chi connectivity index (χ2v) is 7.67. The molecule has 2 atom stereocenters. The number of ether oxygens (including phenoxy) is 1. The number of aromatic nitrogens is 1. The molecule has 2 aliphatic heterocycles. The first-order valence-electron chi connectivity index (χ1n) is 10.0. The third kappa shape index (κ3) is 4.56. The number of nitrogens with zero attached hydrogens (tertiary/aromatic N) is 2. The Morgan fingerprint density at radius 1 is 1.24 bits per heavy atom. The number of hydrogen-bond donors (Lipinski definition) is 2. The molecule has 7 heteroatoms. The predicted octanol–water partition coefficient (Wildman–Crippen LogP) is 1.73. The first kappa shape index (κ1) is 19.4. The van der Waals surface area contributed by atoms with Crippen LogP contribution in [0.4, 0.5) is 5.69 Å². The second-order valence-electron chi connectivity index (χ2n) is 7.67. The summed E-state index contributed by atoms with van der Waals surface area (Å²) in [6.07, 6.45) is 4.30. The fourth-order valence-corrected chi connectivity index (χ4v) is 3.99. The highest BCUT2D eigenvalue weighted by atomic mass is 16.5. The molecule has 3 heterocycles. The van der Waals surface area contributed by atoms with Gasteiger partial charge in [-0.3, -0.25) is 14.6 Å². The molecule has 0 spiro atoms. The van der Waals surface area contributed by atoms with E-state index in [0.29, 0.717) is 0 Å². The van der Waals surface area contributed by atoms with Crippen molar-refractivity contribution < 1.29 is 14.3 Å². The summed E-state index contributed by atoms with van der Waals surface area (Å²) in [6, 6.07) is 11.7. The summed E-state index contributed by atoms with van der Waals surface area (Å²) in [6.45, 7) is 3.77. The lowest BCUT2D eigenvalue weighted by Gasteiger charge is -2.36. The van der Waals surface area contributed by atoms with E-state index in [0.717, 1.165) is 31.5 Å². The van der Waals surface area contributed by atoms with Gasteiger partial charge in [0, 0.05) is 37.2 Å². The number of nitrogens with one attached hydrogen (secondary N) is 2. The maximum absolute atomic E-state index is 12.9. The SMILES string of the molecule is Cc1cccc(N2CCC(NC(=O)C3OCC(=O)NC3c3cccnc3)CC2)c1. The molecule has 7 nitrogen and oxygen atoms in total. The van der Waals surface area contributed by atoms with Crippen LogP contribution >= 0.6 is 0 Å². The van der Waals surface area contributed by atoms with Gasteiger partial charge in [0.05, 0.1) is 6.04 Å². The molecule has 0 bridgehead atoms. The molecule has 0 aliphatic carbocycles. The van der Waals surface area contributed by atoms with Crippen molar-refractivity contribution in [3.05, 3.63) is 59.9 Å². The number of hydrogen-bond acceptors (Lipinski definition) is 5. The monoisotopic (exact) mass is 394 g/mol. The van der Waals surface area contributed by atoms with Gasteiger partial charge >= 0.3 is 0 Å². The van der Waals surface area contributed by atoms with Crippen molar-refractivity contribution in [1.82, 2.24) is 15.6 Å². The zero-order chi connectivity index (χ0) is 20.2. The van der Waals surface area contributed by atoms with Crippen LogP contribution in [0.1, 0.15) is 30.0 Å². The fourth-order valence-electron chi connectivity index (χ4n) is 3.99. The highest BCUT2D eigenvalue weighted by molar-refractivity contribution is 5.86. The number of morpholine rings is 1. The molecule has 2 unspecified atom stereocenters. The Morgan fingerprint density at radius 2 is 2.07 bits per heavy atom. The van der Waals surface area contributed by atoms with Gasteiger partial charge in [-0.1, -0.05) is 18.2 Å². The Hall–Kier alpha value is -2.93. The van der Waals surface area contributed by atoms with E-state index < -0.39 is 12.1 Å². The molecule has 4 rings (SSSR count). The predicted molar refractivity (Wildman–Crippen MR) is 109 cm³/mol. The maximum Gasteiger partial charge on any atom is 0.251 e. The van der Waals surface area contributed by atoms with Crippen LogP contribution in [0.3, 0.4) is 0 Å². The number of amides is 2. The van der Waals surface area contributed by atoms with Crippen LogP contribution in [-0.4, -0.2) is 48.6 Å². The average Bonchev–Trinajstić information content (AvgIpc) is 2.75. The highest BCUT2D eigenvalue weighted by Crippen LogP contribution is 2.24. The summed E-state index contributed by atoms with van der Waals surface area (Å²) in [5.74, 6) is -0.415. The Bertz CT molecular complexity index is 865. The van der Waals surface area contributed by atoms with E-state index in [1.54, 1.807) is 18.5 Å².